The van der Waals surface area contributed by atoms with E-state index in [9.17, 15) is 0 Å². The summed E-state index contributed by atoms with van der Waals surface area (Å²) in [6, 6.07) is 10.5. The van der Waals surface area contributed by atoms with Gasteiger partial charge in [-0.05, 0) is 37.9 Å². The Morgan fingerprint density at radius 1 is 1.19 bits per heavy atom. The van der Waals surface area contributed by atoms with E-state index in [-0.39, 0.29) is 5.41 Å². The Morgan fingerprint density at radius 2 is 1.95 bits per heavy atom. The number of ether oxygens (including phenoxy) is 2. The van der Waals surface area contributed by atoms with Crippen LogP contribution in [0.25, 0.3) is 0 Å². The molecule has 1 N–H and O–H groups in total. The molecule has 0 amide bonds. The van der Waals surface area contributed by atoms with Gasteiger partial charge in [0.25, 0.3) is 0 Å². The van der Waals surface area contributed by atoms with Crippen LogP contribution >= 0.6 is 0 Å². The highest BCUT2D eigenvalue weighted by molar-refractivity contribution is 5.20. The summed E-state index contributed by atoms with van der Waals surface area (Å²) in [7, 11) is 0. The van der Waals surface area contributed by atoms with Crippen molar-refractivity contribution in [1.29, 1.82) is 0 Å². The first-order valence-corrected chi connectivity index (χ1v) is 8.23. The molecule has 1 aromatic rings. The van der Waals surface area contributed by atoms with Crippen molar-refractivity contribution in [3.63, 3.8) is 0 Å². The Hall–Kier alpha value is -1.06. The van der Waals surface area contributed by atoms with E-state index in [0.717, 1.165) is 25.1 Å². The summed E-state index contributed by atoms with van der Waals surface area (Å²) in [4.78, 5) is 0. The zero-order valence-electron chi connectivity index (χ0n) is 13.6. The number of rotatable bonds is 9. The molecule has 3 heteroatoms. The van der Waals surface area contributed by atoms with Gasteiger partial charge in [0, 0.05) is 11.5 Å². The maximum atomic E-state index is 6.05. The second kappa shape index (κ2) is 7.81. The largest absolute Gasteiger partial charge is 0.491 e. The first kappa shape index (κ1) is 16.3. The summed E-state index contributed by atoms with van der Waals surface area (Å²) < 4.78 is 11.7. The minimum absolute atomic E-state index is 0.266. The van der Waals surface area contributed by atoms with Crippen LogP contribution in [0.5, 0.6) is 5.75 Å². The monoisotopic (exact) mass is 291 g/mol. The molecule has 0 aliphatic heterocycles. The maximum absolute atomic E-state index is 6.05. The molecule has 0 radical (unpaired) electrons. The third-order valence-corrected chi connectivity index (χ3v) is 4.80. The summed E-state index contributed by atoms with van der Waals surface area (Å²) in [6.07, 6.45) is 3.82. The molecule has 1 aliphatic rings. The van der Waals surface area contributed by atoms with Crippen molar-refractivity contribution < 1.29 is 9.47 Å². The van der Waals surface area contributed by atoms with E-state index in [4.69, 9.17) is 9.47 Å². The van der Waals surface area contributed by atoms with Gasteiger partial charge in [-0.25, -0.2) is 0 Å². The van der Waals surface area contributed by atoms with Gasteiger partial charge in [0.2, 0.25) is 0 Å². The average Bonchev–Trinajstić information content (AvgIpc) is 2.52. The van der Waals surface area contributed by atoms with Crippen LogP contribution in [-0.2, 0) is 4.74 Å². The van der Waals surface area contributed by atoms with Crippen LogP contribution in [0.2, 0.25) is 0 Å². The molecule has 0 bridgehead atoms. The molecule has 0 aromatic heterocycles. The Balaban J connectivity index is 1.69. The topological polar surface area (TPSA) is 30.5 Å². The SMILES string of the molecule is CCCNC1CC(OCCOc2ccccc2)C1(C)CC. The first-order chi connectivity index (χ1) is 10.2. The lowest BCUT2D eigenvalue weighted by atomic mass is 9.61. The third-order valence-electron chi connectivity index (χ3n) is 4.80. The molecule has 0 saturated heterocycles. The zero-order valence-corrected chi connectivity index (χ0v) is 13.6. The number of nitrogens with one attached hydrogen (secondary N) is 1. The van der Waals surface area contributed by atoms with Crippen molar-refractivity contribution in [2.45, 2.75) is 52.2 Å². The van der Waals surface area contributed by atoms with Crippen molar-refractivity contribution >= 4 is 0 Å². The van der Waals surface area contributed by atoms with Crippen LogP contribution in [-0.4, -0.2) is 31.9 Å². The molecular weight excluding hydrogens is 262 g/mol. The van der Waals surface area contributed by atoms with Gasteiger partial charge in [-0.1, -0.05) is 39.0 Å². The Bertz CT molecular complexity index is 409. The fraction of sp³-hybridized carbons (Fsp3) is 0.667. The summed E-state index contributed by atoms with van der Waals surface area (Å²) in [5.41, 5.74) is 0.266. The van der Waals surface area contributed by atoms with E-state index in [1.165, 1.54) is 6.42 Å². The molecule has 0 heterocycles. The van der Waals surface area contributed by atoms with Crippen LogP contribution in [0.1, 0.15) is 40.0 Å². The second-order valence-corrected chi connectivity index (χ2v) is 6.12. The third kappa shape index (κ3) is 3.98. The summed E-state index contributed by atoms with van der Waals surface area (Å²) in [5, 5.41) is 3.65. The predicted octanol–water partition coefficient (Wildman–Crippen LogP) is 3.64. The lowest BCUT2D eigenvalue weighted by Crippen LogP contribution is -2.62. The number of para-hydroxylation sites is 1. The van der Waals surface area contributed by atoms with Gasteiger partial charge < -0.3 is 14.8 Å². The molecule has 3 atom stereocenters. The minimum atomic E-state index is 0.266. The van der Waals surface area contributed by atoms with Gasteiger partial charge in [-0.3, -0.25) is 0 Å². The fourth-order valence-electron chi connectivity index (χ4n) is 3.05. The predicted molar refractivity (Wildman–Crippen MR) is 86.8 cm³/mol. The Labute approximate surface area is 129 Å². The minimum Gasteiger partial charge on any atom is -0.491 e. The van der Waals surface area contributed by atoms with Crippen LogP contribution in [0, 0.1) is 5.41 Å². The molecule has 1 aliphatic carbocycles. The van der Waals surface area contributed by atoms with Gasteiger partial charge in [0.1, 0.15) is 12.4 Å². The number of benzene rings is 1. The van der Waals surface area contributed by atoms with Gasteiger partial charge in [-0.15, -0.1) is 0 Å². The highest BCUT2D eigenvalue weighted by Gasteiger charge is 2.50. The van der Waals surface area contributed by atoms with Crippen molar-refractivity contribution in [1.82, 2.24) is 5.32 Å². The van der Waals surface area contributed by atoms with E-state index in [0.29, 0.717) is 25.4 Å². The van der Waals surface area contributed by atoms with Crippen molar-refractivity contribution in [3.05, 3.63) is 30.3 Å². The standard InChI is InChI=1S/C18H29NO2/c1-4-11-19-16-14-17(18(16,3)5-2)21-13-12-20-15-9-7-6-8-10-15/h6-10,16-17,19H,4-5,11-14H2,1-3H3. The maximum Gasteiger partial charge on any atom is 0.119 e. The molecule has 1 fully saturated rings. The van der Waals surface area contributed by atoms with Gasteiger partial charge >= 0.3 is 0 Å². The number of hydrogen-bond donors (Lipinski definition) is 1. The molecule has 0 spiro atoms. The van der Waals surface area contributed by atoms with Crippen molar-refractivity contribution in [2.24, 2.45) is 5.41 Å². The quantitative estimate of drug-likeness (QED) is 0.705. The van der Waals surface area contributed by atoms with Crippen molar-refractivity contribution in [3.8, 4) is 5.75 Å². The summed E-state index contributed by atoms with van der Waals surface area (Å²) in [6.45, 7) is 9.19. The Morgan fingerprint density at radius 3 is 2.62 bits per heavy atom. The van der Waals surface area contributed by atoms with Gasteiger partial charge in [-0.2, -0.15) is 0 Å². The van der Waals surface area contributed by atoms with E-state index in [1.807, 2.05) is 30.3 Å². The van der Waals surface area contributed by atoms with Crippen LogP contribution < -0.4 is 10.1 Å². The zero-order chi connectivity index (χ0) is 15.1. The van der Waals surface area contributed by atoms with Crippen molar-refractivity contribution in [2.75, 3.05) is 19.8 Å². The summed E-state index contributed by atoms with van der Waals surface area (Å²) in [5.74, 6) is 0.912. The lowest BCUT2D eigenvalue weighted by molar-refractivity contribution is -0.132. The lowest BCUT2D eigenvalue weighted by Gasteiger charge is -2.54. The van der Waals surface area contributed by atoms with E-state index >= 15 is 0 Å². The molecule has 2 rings (SSSR count). The van der Waals surface area contributed by atoms with E-state index in [1.54, 1.807) is 0 Å². The average molecular weight is 291 g/mol. The van der Waals surface area contributed by atoms with Crippen LogP contribution in [0.3, 0.4) is 0 Å². The van der Waals surface area contributed by atoms with Crippen LogP contribution in [0.4, 0.5) is 0 Å². The second-order valence-electron chi connectivity index (χ2n) is 6.12. The molecule has 3 nitrogen and oxygen atoms in total. The van der Waals surface area contributed by atoms with Gasteiger partial charge in [0.15, 0.2) is 0 Å². The normalized spacial score (nSPS) is 28.1. The summed E-state index contributed by atoms with van der Waals surface area (Å²) >= 11 is 0. The number of hydrogen-bond acceptors (Lipinski definition) is 3. The smallest absolute Gasteiger partial charge is 0.119 e. The molecule has 1 aromatic carbocycles. The molecule has 21 heavy (non-hydrogen) atoms. The molecule has 1 saturated carbocycles. The fourth-order valence-corrected chi connectivity index (χ4v) is 3.05. The molecule has 118 valence electrons. The first-order valence-electron chi connectivity index (χ1n) is 8.23. The van der Waals surface area contributed by atoms with E-state index < -0.39 is 0 Å². The molecule has 3 unspecified atom stereocenters. The molecular formula is C18H29NO2. The van der Waals surface area contributed by atoms with Crippen LogP contribution in [0.15, 0.2) is 30.3 Å². The highest BCUT2D eigenvalue weighted by Crippen LogP contribution is 2.45. The van der Waals surface area contributed by atoms with E-state index in [2.05, 4.69) is 26.1 Å². The Kier molecular flexibility index (Phi) is 6.07. The highest BCUT2D eigenvalue weighted by atomic mass is 16.5. The van der Waals surface area contributed by atoms with Gasteiger partial charge in [0.05, 0.1) is 12.7 Å².